The number of nitrogens with zero attached hydrogens (tertiary/aromatic N) is 1. The van der Waals surface area contributed by atoms with E-state index in [0.29, 0.717) is 0 Å². The molecule has 0 atom stereocenters. The molecule has 0 aliphatic rings. The van der Waals surface area contributed by atoms with Crippen molar-refractivity contribution in [3.8, 4) is 6.07 Å². The van der Waals surface area contributed by atoms with Gasteiger partial charge in [-0.15, -0.1) is 0 Å². The molecule has 10 heavy (non-hydrogen) atoms. The fourth-order valence-corrected chi connectivity index (χ4v) is 0. The highest BCUT2D eigenvalue weighted by Gasteiger charge is 1.22. The van der Waals surface area contributed by atoms with E-state index in [2.05, 4.69) is 0 Å². The smallest absolute Gasteiger partial charge is 0.290 e. The van der Waals surface area contributed by atoms with Crippen molar-refractivity contribution < 1.29 is 25.3 Å². The zero-order chi connectivity index (χ0) is 8.12. The van der Waals surface area contributed by atoms with Gasteiger partial charge in [-0.1, -0.05) is 0 Å². The molecule has 0 aromatic rings. The Labute approximate surface area is 57.6 Å². The van der Waals surface area contributed by atoms with Gasteiger partial charge in [-0.3, -0.25) is 9.59 Å². The lowest BCUT2D eigenvalue weighted by Gasteiger charge is -1.34. The number of hydrogen-bond acceptors (Lipinski definition) is 3. The maximum atomic E-state index is 8.36. The Morgan fingerprint density at radius 2 is 1.30 bits per heavy atom. The highest BCUT2D eigenvalue weighted by atomic mass is 16.3. The lowest BCUT2D eigenvalue weighted by Crippen LogP contribution is -1.49. The largest absolute Gasteiger partial charge is 0.483 e. The summed E-state index contributed by atoms with van der Waals surface area (Å²) in [4.78, 5) is 16.7. The van der Waals surface area contributed by atoms with Gasteiger partial charge in [0.15, 0.2) is 0 Å². The van der Waals surface area contributed by atoms with Gasteiger partial charge in [-0.25, -0.2) is 0 Å². The van der Waals surface area contributed by atoms with Crippen molar-refractivity contribution in [1.29, 1.82) is 5.26 Å². The normalized spacial score (nSPS) is 3.20. The van der Waals surface area contributed by atoms with E-state index >= 15 is 0 Å². The summed E-state index contributed by atoms with van der Waals surface area (Å²) in [6.45, 7) is 0.931. The second-order valence-electron chi connectivity index (χ2n) is 0.434. The van der Waals surface area contributed by atoms with Crippen LogP contribution in [0, 0.1) is 11.3 Å². The molecule has 0 amide bonds. The quantitative estimate of drug-likeness (QED) is 0.433. The molecule has 0 aliphatic carbocycles. The van der Waals surface area contributed by atoms with Gasteiger partial charge in [0.25, 0.3) is 12.9 Å². The zero-order valence-electron chi connectivity index (χ0n) is 5.31. The van der Waals surface area contributed by atoms with Gasteiger partial charge < -0.3 is 15.7 Å². The second-order valence-corrected chi connectivity index (χ2v) is 0.434. The number of nitriles is 1. The van der Waals surface area contributed by atoms with Gasteiger partial charge in [0.1, 0.15) is 0 Å². The lowest BCUT2D eigenvalue weighted by molar-refractivity contribution is -0.123. The molecule has 0 saturated carbocycles. The maximum absolute atomic E-state index is 8.36. The first-order chi connectivity index (χ1) is 4.24. The van der Waals surface area contributed by atoms with Gasteiger partial charge in [0.2, 0.25) is 0 Å². The molecule has 0 rings (SSSR count). The van der Waals surface area contributed by atoms with E-state index < -0.39 is 0 Å². The highest BCUT2D eigenvalue weighted by Crippen LogP contribution is 1.21. The van der Waals surface area contributed by atoms with Crippen LogP contribution in [0.15, 0.2) is 0 Å². The number of rotatable bonds is 0. The Bertz CT molecular complexity index is 80.1. The molecule has 0 aliphatic heterocycles. The van der Waals surface area contributed by atoms with E-state index in [1.165, 1.54) is 6.92 Å². The molecular formula is C4H9NO5. The van der Waals surface area contributed by atoms with Crippen LogP contribution in [0.5, 0.6) is 0 Å². The van der Waals surface area contributed by atoms with Gasteiger partial charge >= 0.3 is 0 Å². The Morgan fingerprint density at radius 1 is 1.30 bits per heavy atom. The monoisotopic (exact) mass is 151 g/mol. The molecular weight excluding hydrogens is 142 g/mol. The summed E-state index contributed by atoms with van der Waals surface area (Å²) < 4.78 is 0. The molecule has 6 nitrogen and oxygen atoms in total. The minimum Gasteiger partial charge on any atom is -0.483 e. The first-order valence-electron chi connectivity index (χ1n) is 1.71. The summed E-state index contributed by atoms with van der Waals surface area (Å²) in [5.41, 5.74) is 0. The summed E-state index contributed by atoms with van der Waals surface area (Å²) in [6, 6.07) is 1.75. The van der Waals surface area contributed by atoms with Crippen LogP contribution in [-0.2, 0) is 9.59 Å². The average Bonchev–Trinajstić information content (AvgIpc) is 1.70. The summed E-state index contributed by atoms with van der Waals surface area (Å²) >= 11 is 0. The van der Waals surface area contributed by atoms with Crippen LogP contribution in [0.4, 0.5) is 0 Å². The third-order valence-corrected chi connectivity index (χ3v) is 0. The molecule has 0 heterocycles. The average molecular weight is 151 g/mol. The Balaban J connectivity index is -0.0000000257. The molecule has 0 aromatic carbocycles. The Morgan fingerprint density at radius 3 is 1.30 bits per heavy atom. The standard InChI is InChI=1S/C2H3N.2CH2O2.H2O/c1-2-3;2*2-1-3;/h1H3;2*1H,(H,2,3);1H2. The Hall–Kier alpha value is -1.61. The van der Waals surface area contributed by atoms with Crippen molar-refractivity contribution in [1.82, 2.24) is 0 Å². The summed E-state index contributed by atoms with van der Waals surface area (Å²) in [5, 5.41) is 21.1. The SMILES string of the molecule is CC#N.O.O=CO.O=CO. The minimum atomic E-state index is -0.250. The van der Waals surface area contributed by atoms with Gasteiger partial charge in [-0.2, -0.15) is 5.26 Å². The van der Waals surface area contributed by atoms with Crippen molar-refractivity contribution in [3.05, 3.63) is 0 Å². The number of carboxylic acid groups (broad SMARTS) is 2. The number of carbonyl (C=O) groups is 2. The first-order valence-corrected chi connectivity index (χ1v) is 1.71. The van der Waals surface area contributed by atoms with Crippen LogP contribution in [0.3, 0.4) is 0 Å². The van der Waals surface area contributed by atoms with Crippen LogP contribution in [0.1, 0.15) is 6.92 Å². The van der Waals surface area contributed by atoms with Crippen molar-refractivity contribution >= 4 is 12.9 Å². The summed E-state index contributed by atoms with van der Waals surface area (Å²) in [5.74, 6) is 0. The van der Waals surface area contributed by atoms with Crippen LogP contribution in [-0.4, -0.2) is 28.6 Å². The van der Waals surface area contributed by atoms with E-state index in [0.717, 1.165) is 0 Å². The van der Waals surface area contributed by atoms with E-state index in [4.69, 9.17) is 25.1 Å². The van der Waals surface area contributed by atoms with Crippen molar-refractivity contribution in [2.45, 2.75) is 6.92 Å². The fraction of sp³-hybridized carbons (Fsp3) is 0.250. The number of hydrogen-bond donors (Lipinski definition) is 2. The third-order valence-electron chi connectivity index (χ3n) is 0. The van der Waals surface area contributed by atoms with Crippen molar-refractivity contribution in [2.24, 2.45) is 0 Å². The van der Waals surface area contributed by atoms with Crippen LogP contribution < -0.4 is 0 Å². The van der Waals surface area contributed by atoms with E-state index in [1.54, 1.807) is 6.07 Å². The van der Waals surface area contributed by atoms with Crippen LogP contribution >= 0.6 is 0 Å². The predicted molar refractivity (Wildman–Crippen MR) is 32.3 cm³/mol. The van der Waals surface area contributed by atoms with Gasteiger partial charge in [0.05, 0.1) is 6.07 Å². The molecule has 0 spiro atoms. The molecule has 0 unspecified atom stereocenters. The third kappa shape index (κ3) is 71.6. The topological polar surface area (TPSA) is 130 Å². The van der Waals surface area contributed by atoms with E-state index in [9.17, 15) is 0 Å². The molecule has 0 bridgehead atoms. The summed E-state index contributed by atoms with van der Waals surface area (Å²) in [7, 11) is 0. The van der Waals surface area contributed by atoms with Crippen LogP contribution in [0.2, 0.25) is 0 Å². The highest BCUT2D eigenvalue weighted by molar-refractivity contribution is 5.32. The van der Waals surface area contributed by atoms with Gasteiger partial charge in [0, 0.05) is 6.92 Å². The minimum absolute atomic E-state index is 0. The van der Waals surface area contributed by atoms with Crippen molar-refractivity contribution in [3.63, 3.8) is 0 Å². The molecule has 0 fully saturated rings. The molecule has 0 aromatic heterocycles. The second kappa shape index (κ2) is 156. The molecule has 0 saturated heterocycles. The molecule has 60 valence electrons. The van der Waals surface area contributed by atoms with Crippen molar-refractivity contribution in [2.75, 3.05) is 0 Å². The molecule has 4 N–H and O–H groups in total. The fourth-order valence-electron chi connectivity index (χ4n) is 0. The maximum Gasteiger partial charge on any atom is 0.290 e. The molecule has 6 heteroatoms. The Kier molecular flexibility index (Phi) is 371. The molecule has 0 radical (unpaired) electrons. The predicted octanol–water partition coefficient (Wildman–Crippen LogP) is -0.893. The van der Waals surface area contributed by atoms with E-state index in [1.807, 2.05) is 0 Å². The van der Waals surface area contributed by atoms with Gasteiger partial charge in [-0.05, 0) is 0 Å². The lowest BCUT2D eigenvalue weighted by atomic mass is 11.0. The zero-order valence-corrected chi connectivity index (χ0v) is 5.31. The first kappa shape index (κ1) is 23.8. The summed E-state index contributed by atoms with van der Waals surface area (Å²) in [6.07, 6.45) is 0. The van der Waals surface area contributed by atoms with E-state index in [-0.39, 0.29) is 18.4 Å². The van der Waals surface area contributed by atoms with Crippen LogP contribution in [0.25, 0.3) is 0 Å².